The summed E-state index contributed by atoms with van der Waals surface area (Å²) in [5.41, 5.74) is 0.964. The first-order valence-electron chi connectivity index (χ1n) is 5.57. The third-order valence-corrected chi connectivity index (χ3v) is 2.09. The zero-order chi connectivity index (χ0) is 11.8. The van der Waals surface area contributed by atoms with Gasteiger partial charge in [-0.3, -0.25) is 4.79 Å². The normalized spacial score (nSPS) is 9.88. The maximum absolute atomic E-state index is 11.3. The van der Waals surface area contributed by atoms with Crippen LogP contribution in [0.25, 0.3) is 0 Å². The Morgan fingerprint density at radius 3 is 2.88 bits per heavy atom. The van der Waals surface area contributed by atoms with Gasteiger partial charge in [0.1, 0.15) is 12.1 Å². The van der Waals surface area contributed by atoms with E-state index in [1.165, 1.54) is 6.33 Å². The van der Waals surface area contributed by atoms with Gasteiger partial charge < -0.3 is 10.6 Å². The van der Waals surface area contributed by atoms with E-state index < -0.39 is 0 Å². The van der Waals surface area contributed by atoms with Crippen molar-refractivity contribution in [3.05, 3.63) is 18.1 Å². The lowest BCUT2D eigenvalue weighted by atomic mass is 10.3. The Morgan fingerprint density at radius 1 is 1.38 bits per heavy atom. The summed E-state index contributed by atoms with van der Waals surface area (Å²) in [5.74, 6) is 0.678. The molecule has 2 N–H and O–H groups in total. The number of aryl methyl sites for hydroxylation is 1. The van der Waals surface area contributed by atoms with E-state index >= 15 is 0 Å². The molecule has 88 valence electrons. The average molecular weight is 222 g/mol. The Hall–Kier alpha value is -1.65. The molecule has 1 aromatic rings. The van der Waals surface area contributed by atoms with Crippen molar-refractivity contribution in [2.24, 2.45) is 0 Å². The van der Waals surface area contributed by atoms with Gasteiger partial charge in [-0.15, -0.1) is 0 Å². The molecule has 0 spiro atoms. The summed E-state index contributed by atoms with van der Waals surface area (Å²) >= 11 is 0. The van der Waals surface area contributed by atoms with Crippen LogP contribution in [0.3, 0.4) is 0 Å². The monoisotopic (exact) mass is 222 g/mol. The zero-order valence-electron chi connectivity index (χ0n) is 9.79. The predicted molar refractivity (Wildman–Crippen MR) is 63.2 cm³/mol. The molecule has 1 amide bonds. The number of carbonyl (C=O) groups excluding carboxylic acids is 1. The van der Waals surface area contributed by atoms with Crippen LogP contribution >= 0.6 is 0 Å². The summed E-state index contributed by atoms with van der Waals surface area (Å²) < 4.78 is 0. The summed E-state index contributed by atoms with van der Waals surface area (Å²) in [4.78, 5) is 19.4. The number of carbonyl (C=O) groups is 1. The molecule has 0 saturated carbocycles. The Kier molecular flexibility index (Phi) is 5.25. The zero-order valence-corrected chi connectivity index (χ0v) is 9.79. The van der Waals surface area contributed by atoms with Crippen molar-refractivity contribution in [2.45, 2.75) is 26.7 Å². The lowest BCUT2D eigenvalue weighted by Gasteiger charge is -2.06. The smallest absolute Gasteiger partial charge is 0.239 e. The van der Waals surface area contributed by atoms with Crippen molar-refractivity contribution in [1.82, 2.24) is 15.3 Å². The minimum atomic E-state index is -0.0153. The lowest BCUT2D eigenvalue weighted by molar-refractivity contribution is -0.119. The van der Waals surface area contributed by atoms with Crippen LogP contribution in [-0.2, 0) is 11.2 Å². The molecule has 0 aromatic carbocycles. The fourth-order valence-corrected chi connectivity index (χ4v) is 1.19. The van der Waals surface area contributed by atoms with Crippen LogP contribution in [0.4, 0.5) is 5.82 Å². The first-order valence-corrected chi connectivity index (χ1v) is 5.57. The van der Waals surface area contributed by atoms with Crippen molar-refractivity contribution in [3.8, 4) is 0 Å². The highest BCUT2D eigenvalue weighted by atomic mass is 16.1. The molecule has 0 aliphatic rings. The molecule has 1 aromatic heterocycles. The third kappa shape index (κ3) is 4.25. The third-order valence-electron chi connectivity index (χ3n) is 2.09. The molecule has 1 heterocycles. The number of aromatic nitrogens is 2. The van der Waals surface area contributed by atoms with Crippen LogP contribution in [-0.4, -0.2) is 29.0 Å². The molecule has 5 heteroatoms. The Bertz CT molecular complexity index is 341. The van der Waals surface area contributed by atoms with E-state index in [1.807, 2.05) is 19.9 Å². The summed E-state index contributed by atoms with van der Waals surface area (Å²) in [6.45, 7) is 5.01. The van der Waals surface area contributed by atoms with Gasteiger partial charge in [-0.25, -0.2) is 9.97 Å². The van der Waals surface area contributed by atoms with Gasteiger partial charge in [0.15, 0.2) is 0 Å². The largest absolute Gasteiger partial charge is 0.361 e. The summed E-state index contributed by atoms with van der Waals surface area (Å²) in [6, 6.07) is 1.85. The standard InChI is InChI=1S/C11H18N4O/c1-3-5-12-11(16)7-13-10-6-9(4-2)14-8-15-10/h6,8H,3-5,7H2,1-2H3,(H,12,16)(H,13,14,15). The highest BCUT2D eigenvalue weighted by molar-refractivity contribution is 5.80. The van der Waals surface area contributed by atoms with Crippen LogP contribution in [0, 0.1) is 0 Å². The molecule has 0 bridgehead atoms. The second-order valence-corrected chi connectivity index (χ2v) is 3.45. The molecule has 0 atom stereocenters. The lowest BCUT2D eigenvalue weighted by Crippen LogP contribution is -2.30. The van der Waals surface area contributed by atoms with E-state index in [2.05, 4.69) is 20.6 Å². The van der Waals surface area contributed by atoms with Gasteiger partial charge in [0.25, 0.3) is 0 Å². The molecule has 0 unspecified atom stereocenters. The molecular weight excluding hydrogens is 204 g/mol. The van der Waals surface area contributed by atoms with Gasteiger partial charge in [0, 0.05) is 18.3 Å². The van der Waals surface area contributed by atoms with Crippen molar-refractivity contribution >= 4 is 11.7 Å². The number of anilines is 1. The van der Waals surface area contributed by atoms with E-state index in [0.29, 0.717) is 12.4 Å². The van der Waals surface area contributed by atoms with E-state index in [9.17, 15) is 4.79 Å². The van der Waals surface area contributed by atoms with E-state index in [0.717, 1.165) is 18.5 Å². The van der Waals surface area contributed by atoms with Crippen molar-refractivity contribution in [3.63, 3.8) is 0 Å². The van der Waals surface area contributed by atoms with Crippen LogP contribution in [0.1, 0.15) is 26.0 Å². The number of nitrogens with one attached hydrogen (secondary N) is 2. The van der Waals surface area contributed by atoms with E-state index in [4.69, 9.17) is 0 Å². The highest BCUT2D eigenvalue weighted by Gasteiger charge is 2.01. The predicted octanol–water partition coefficient (Wildman–Crippen LogP) is 0.977. The fraction of sp³-hybridized carbons (Fsp3) is 0.545. The van der Waals surface area contributed by atoms with Gasteiger partial charge in [0.05, 0.1) is 6.54 Å². The second kappa shape index (κ2) is 6.76. The van der Waals surface area contributed by atoms with Crippen molar-refractivity contribution in [1.29, 1.82) is 0 Å². The fourth-order valence-electron chi connectivity index (χ4n) is 1.19. The van der Waals surface area contributed by atoms with Gasteiger partial charge in [0.2, 0.25) is 5.91 Å². The molecule has 16 heavy (non-hydrogen) atoms. The summed E-state index contributed by atoms with van der Waals surface area (Å²) in [7, 11) is 0. The number of hydrogen-bond donors (Lipinski definition) is 2. The van der Waals surface area contributed by atoms with Crippen LogP contribution in [0.15, 0.2) is 12.4 Å². The number of hydrogen-bond acceptors (Lipinski definition) is 4. The molecule has 0 radical (unpaired) electrons. The molecule has 0 saturated heterocycles. The Morgan fingerprint density at radius 2 is 2.19 bits per heavy atom. The molecular formula is C11H18N4O. The highest BCUT2D eigenvalue weighted by Crippen LogP contribution is 2.03. The molecule has 0 aliphatic heterocycles. The maximum atomic E-state index is 11.3. The summed E-state index contributed by atoms with van der Waals surface area (Å²) in [6.07, 6.45) is 3.31. The van der Waals surface area contributed by atoms with Gasteiger partial charge in [-0.05, 0) is 12.8 Å². The van der Waals surface area contributed by atoms with Gasteiger partial charge >= 0.3 is 0 Å². The van der Waals surface area contributed by atoms with E-state index in [-0.39, 0.29) is 12.5 Å². The van der Waals surface area contributed by atoms with Crippen LogP contribution in [0.5, 0.6) is 0 Å². The Balaban J connectivity index is 2.38. The Labute approximate surface area is 95.7 Å². The van der Waals surface area contributed by atoms with Crippen molar-refractivity contribution in [2.75, 3.05) is 18.4 Å². The number of nitrogens with zero attached hydrogens (tertiary/aromatic N) is 2. The second-order valence-electron chi connectivity index (χ2n) is 3.45. The van der Waals surface area contributed by atoms with Gasteiger partial charge in [-0.1, -0.05) is 13.8 Å². The molecule has 1 rings (SSSR count). The topological polar surface area (TPSA) is 66.9 Å². The minimum absolute atomic E-state index is 0.0153. The number of rotatable bonds is 6. The van der Waals surface area contributed by atoms with E-state index in [1.54, 1.807) is 0 Å². The molecule has 0 aliphatic carbocycles. The quantitative estimate of drug-likeness (QED) is 0.753. The minimum Gasteiger partial charge on any atom is -0.361 e. The van der Waals surface area contributed by atoms with Crippen LogP contribution < -0.4 is 10.6 Å². The molecule has 0 fully saturated rings. The van der Waals surface area contributed by atoms with Gasteiger partial charge in [-0.2, -0.15) is 0 Å². The average Bonchev–Trinajstić information content (AvgIpc) is 2.34. The number of amides is 1. The van der Waals surface area contributed by atoms with Crippen molar-refractivity contribution < 1.29 is 4.79 Å². The first kappa shape index (κ1) is 12.4. The first-order chi connectivity index (χ1) is 7.76. The van der Waals surface area contributed by atoms with Crippen LogP contribution in [0.2, 0.25) is 0 Å². The SMILES string of the molecule is CCCNC(=O)CNc1cc(CC)ncn1. The maximum Gasteiger partial charge on any atom is 0.239 e. The molecule has 5 nitrogen and oxygen atoms in total. The summed E-state index contributed by atoms with van der Waals surface area (Å²) in [5, 5.41) is 5.75.